The minimum Gasteiger partial charge on any atom is -0.387 e. The van der Waals surface area contributed by atoms with Crippen molar-refractivity contribution < 1.29 is 9.53 Å². The van der Waals surface area contributed by atoms with Crippen LogP contribution in [0.5, 0.6) is 0 Å². The first-order valence-corrected chi connectivity index (χ1v) is 7.30. The molecule has 0 heterocycles. The second-order valence-electron chi connectivity index (χ2n) is 5.24. The predicted molar refractivity (Wildman–Crippen MR) is 86.9 cm³/mol. The summed E-state index contributed by atoms with van der Waals surface area (Å²) in [6.45, 7) is 2.86. The summed E-state index contributed by atoms with van der Waals surface area (Å²) in [5, 5.41) is 3.07. The van der Waals surface area contributed by atoms with E-state index in [4.69, 9.17) is 4.74 Å². The van der Waals surface area contributed by atoms with Crippen LogP contribution < -0.4 is 5.32 Å². The fraction of sp³-hybridized carbons (Fsp3) is 0.562. The lowest BCUT2D eigenvalue weighted by molar-refractivity contribution is 0.0690. The maximum atomic E-state index is 12.7. The molecule has 5 nitrogen and oxygen atoms in total. The predicted octanol–water partition coefficient (Wildman–Crippen LogP) is 1.77. The number of ether oxygens (including phenoxy) is 1. The van der Waals surface area contributed by atoms with Gasteiger partial charge >= 0.3 is 0 Å². The number of benzene rings is 1. The summed E-state index contributed by atoms with van der Waals surface area (Å²) in [6.07, 6.45) is 0.949. The van der Waals surface area contributed by atoms with Crippen molar-refractivity contribution in [3.05, 3.63) is 29.8 Å². The van der Waals surface area contributed by atoms with E-state index in [9.17, 15) is 4.79 Å². The summed E-state index contributed by atoms with van der Waals surface area (Å²) in [5.74, 6) is 0.0516. The van der Waals surface area contributed by atoms with Gasteiger partial charge in [0.05, 0.1) is 12.2 Å². The van der Waals surface area contributed by atoms with E-state index in [0.717, 1.165) is 25.2 Å². The number of nitrogens with zero attached hydrogens (tertiary/aromatic N) is 2. The lowest BCUT2D eigenvalue weighted by Gasteiger charge is -2.24. The van der Waals surface area contributed by atoms with Crippen molar-refractivity contribution >= 4 is 11.6 Å². The molecular weight excluding hydrogens is 266 g/mol. The van der Waals surface area contributed by atoms with Crippen LogP contribution >= 0.6 is 0 Å². The van der Waals surface area contributed by atoms with Crippen LogP contribution in [0.25, 0.3) is 0 Å². The molecule has 0 aliphatic rings. The van der Waals surface area contributed by atoms with Crippen LogP contribution in [0.2, 0.25) is 0 Å². The first kappa shape index (κ1) is 17.5. The van der Waals surface area contributed by atoms with Gasteiger partial charge in [-0.2, -0.15) is 0 Å². The molecule has 0 fully saturated rings. The van der Waals surface area contributed by atoms with Crippen LogP contribution in [0, 0.1) is 0 Å². The van der Waals surface area contributed by atoms with Gasteiger partial charge in [0.1, 0.15) is 0 Å². The molecule has 1 N–H and O–H groups in total. The lowest BCUT2D eigenvalue weighted by Crippen LogP contribution is -2.36. The summed E-state index contributed by atoms with van der Waals surface area (Å²) < 4.78 is 5.12. The molecule has 0 saturated carbocycles. The first-order chi connectivity index (χ1) is 10.1. The summed E-state index contributed by atoms with van der Waals surface area (Å²) in [5.41, 5.74) is 1.57. The maximum Gasteiger partial charge on any atom is 0.256 e. The Kier molecular flexibility index (Phi) is 7.79. The van der Waals surface area contributed by atoms with Crippen LogP contribution in [0.1, 0.15) is 16.8 Å². The van der Waals surface area contributed by atoms with Gasteiger partial charge in [-0.15, -0.1) is 0 Å². The molecule has 1 amide bonds. The number of anilines is 1. The van der Waals surface area contributed by atoms with E-state index in [1.165, 1.54) is 0 Å². The van der Waals surface area contributed by atoms with Gasteiger partial charge in [-0.3, -0.25) is 4.79 Å². The van der Waals surface area contributed by atoms with Crippen LogP contribution in [-0.2, 0) is 4.74 Å². The van der Waals surface area contributed by atoms with Gasteiger partial charge < -0.3 is 19.9 Å². The number of carbonyl (C=O) groups excluding carboxylic acids is 1. The zero-order chi connectivity index (χ0) is 15.7. The van der Waals surface area contributed by atoms with Crippen molar-refractivity contribution in [1.29, 1.82) is 0 Å². The number of para-hydroxylation sites is 1. The van der Waals surface area contributed by atoms with E-state index in [1.807, 2.05) is 50.3 Å². The smallest absolute Gasteiger partial charge is 0.256 e. The molecule has 0 bridgehead atoms. The highest BCUT2D eigenvalue weighted by atomic mass is 16.5. The first-order valence-electron chi connectivity index (χ1n) is 7.30. The van der Waals surface area contributed by atoms with E-state index < -0.39 is 0 Å². The number of amides is 1. The maximum absolute atomic E-state index is 12.7. The Bertz CT molecular complexity index is 435. The highest BCUT2D eigenvalue weighted by molar-refractivity contribution is 5.99. The zero-order valence-corrected chi connectivity index (χ0v) is 13.6. The largest absolute Gasteiger partial charge is 0.387 e. The molecule has 0 saturated heterocycles. The Morgan fingerprint density at radius 2 is 1.90 bits per heavy atom. The van der Waals surface area contributed by atoms with Gasteiger partial charge in [0, 0.05) is 32.9 Å². The molecule has 1 aromatic carbocycles. The number of hydrogen-bond acceptors (Lipinski definition) is 4. The molecular formula is C16H27N3O2. The van der Waals surface area contributed by atoms with Crippen molar-refractivity contribution in [2.75, 3.05) is 59.8 Å². The molecule has 21 heavy (non-hydrogen) atoms. The number of methoxy groups -OCH3 is 1. The van der Waals surface area contributed by atoms with Crippen molar-refractivity contribution in [1.82, 2.24) is 9.80 Å². The topological polar surface area (TPSA) is 44.8 Å². The zero-order valence-electron chi connectivity index (χ0n) is 13.6. The Labute approximate surface area is 127 Å². The molecule has 0 aromatic heterocycles. The second-order valence-corrected chi connectivity index (χ2v) is 5.24. The summed E-state index contributed by atoms with van der Waals surface area (Å²) >= 11 is 0. The molecule has 5 heteroatoms. The molecule has 1 rings (SSSR count). The average Bonchev–Trinajstić information content (AvgIpc) is 2.49. The third-order valence-corrected chi connectivity index (χ3v) is 3.31. The number of nitrogens with one attached hydrogen (secondary N) is 1. The Balaban J connectivity index is 2.78. The SMILES string of the molecule is CNc1ccccc1C(=O)N(CCCN(C)C)CCOC. The molecule has 118 valence electrons. The normalized spacial score (nSPS) is 10.7. The molecule has 0 unspecified atom stereocenters. The van der Waals surface area contributed by atoms with Gasteiger partial charge in [-0.25, -0.2) is 0 Å². The molecule has 0 aliphatic carbocycles. The molecule has 0 aliphatic heterocycles. The minimum absolute atomic E-state index is 0.0516. The number of carbonyl (C=O) groups is 1. The van der Waals surface area contributed by atoms with E-state index >= 15 is 0 Å². The monoisotopic (exact) mass is 293 g/mol. The van der Waals surface area contributed by atoms with Crippen LogP contribution in [0.4, 0.5) is 5.69 Å². The van der Waals surface area contributed by atoms with Gasteiger partial charge in [-0.05, 0) is 39.2 Å². The van der Waals surface area contributed by atoms with Crippen LogP contribution in [0.3, 0.4) is 0 Å². The standard InChI is InChI=1S/C16H27N3O2/c1-17-15-9-6-5-8-14(15)16(20)19(12-13-21-4)11-7-10-18(2)3/h5-6,8-9,17H,7,10-13H2,1-4H3. The van der Waals surface area contributed by atoms with Crippen molar-refractivity contribution in [3.63, 3.8) is 0 Å². The van der Waals surface area contributed by atoms with Crippen LogP contribution in [0.15, 0.2) is 24.3 Å². The van der Waals surface area contributed by atoms with E-state index in [-0.39, 0.29) is 5.91 Å². The number of hydrogen-bond donors (Lipinski definition) is 1. The van der Waals surface area contributed by atoms with Gasteiger partial charge in [0.2, 0.25) is 0 Å². The fourth-order valence-electron chi connectivity index (χ4n) is 2.15. The average molecular weight is 293 g/mol. The Morgan fingerprint density at radius 3 is 2.52 bits per heavy atom. The minimum atomic E-state index is 0.0516. The lowest BCUT2D eigenvalue weighted by atomic mass is 10.1. The summed E-state index contributed by atoms with van der Waals surface area (Å²) in [6, 6.07) is 7.60. The summed E-state index contributed by atoms with van der Waals surface area (Å²) in [4.78, 5) is 16.7. The summed E-state index contributed by atoms with van der Waals surface area (Å²) in [7, 11) is 7.57. The van der Waals surface area contributed by atoms with E-state index in [1.54, 1.807) is 7.11 Å². The highest BCUT2D eigenvalue weighted by Gasteiger charge is 2.17. The molecule has 0 spiro atoms. The quantitative estimate of drug-likeness (QED) is 0.754. The van der Waals surface area contributed by atoms with Gasteiger partial charge in [-0.1, -0.05) is 12.1 Å². The van der Waals surface area contributed by atoms with Crippen molar-refractivity contribution in [2.45, 2.75) is 6.42 Å². The number of rotatable bonds is 9. The third kappa shape index (κ3) is 5.73. The van der Waals surface area contributed by atoms with Gasteiger partial charge in [0.25, 0.3) is 5.91 Å². The molecule has 1 aromatic rings. The molecule has 0 atom stereocenters. The van der Waals surface area contributed by atoms with Crippen molar-refractivity contribution in [3.8, 4) is 0 Å². The highest BCUT2D eigenvalue weighted by Crippen LogP contribution is 2.16. The third-order valence-electron chi connectivity index (χ3n) is 3.31. The van der Waals surface area contributed by atoms with E-state index in [2.05, 4.69) is 10.2 Å². The van der Waals surface area contributed by atoms with Crippen LogP contribution in [-0.4, -0.2) is 70.2 Å². The Morgan fingerprint density at radius 1 is 1.19 bits per heavy atom. The second kappa shape index (κ2) is 9.37. The van der Waals surface area contributed by atoms with Crippen molar-refractivity contribution in [2.24, 2.45) is 0 Å². The Hall–Kier alpha value is -1.59. The molecule has 0 radical (unpaired) electrons. The fourth-order valence-corrected chi connectivity index (χ4v) is 2.15. The van der Waals surface area contributed by atoms with E-state index in [0.29, 0.717) is 18.7 Å². The van der Waals surface area contributed by atoms with Gasteiger partial charge in [0.15, 0.2) is 0 Å².